The van der Waals surface area contributed by atoms with Crippen molar-refractivity contribution in [3.05, 3.63) is 65.5 Å². The van der Waals surface area contributed by atoms with Crippen molar-refractivity contribution in [2.45, 2.75) is 19.9 Å². The van der Waals surface area contributed by atoms with Crippen LogP contribution >= 0.6 is 0 Å². The van der Waals surface area contributed by atoms with Crippen molar-refractivity contribution in [2.24, 2.45) is 0 Å². The number of nitrogens with zero attached hydrogens (tertiary/aromatic N) is 1. The van der Waals surface area contributed by atoms with Crippen molar-refractivity contribution in [3.63, 3.8) is 0 Å². The van der Waals surface area contributed by atoms with Crippen LogP contribution in [0, 0.1) is 12.7 Å². The number of nitrogens with one attached hydrogen (secondary N) is 1. The Morgan fingerprint density at radius 1 is 1.18 bits per heavy atom. The summed E-state index contributed by atoms with van der Waals surface area (Å²) in [5.74, 6) is -0.318. The molecule has 2 rings (SSSR count). The van der Waals surface area contributed by atoms with Gasteiger partial charge in [0.15, 0.2) is 0 Å². The van der Waals surface area contributed by atoms with Gasteiger partial charge in [-0.1, -0.05) is 30.3 Å². The molecule has 1 N–H and O–H groups in total. The topological polar surface area (TPSA) is 32.3 Å². The number of halogens is 1. The monoisotopic (exact) mass is 300 g/mol. The SMILES string of the molecule is Cc1ccccc1NC(=O)CN(C)C(C)c1ccc(F)cc1. The Balaban J connectivity index is 1.96. The number of anilines is 1. The smallest absolute Gasteiger partial charge is 0.238 e. The normalized spacial score (nSPS) is 12.2. The number of hydrogen-bond donors (Lipinski definition) is 1. The lowest BCUT2D eigenvalue weighted by atomic mass is 10.1. The van der Waals surface area contributed by atoms with E-state index in [0.717, 1.165) is 16.8 Å². The lowest BCUT2D eigenvalue weighted by molar-refractivity contribution is -0.117. The van der Waals surface area contributed by atoms with Crippen LogP contribution in [-0.2, 0) is 4.79 Å². The summed E-state index contributed by atoms with van der Waals surface area (Å²) in [6.07, 6.45) is 0. The maximum Gasteiger partial charge on any atom is 0.238 e. The van der Waals surface area contributed by atoms with E-state index in [0.29, 0.717) is 0 Å². The van der Waals surface area contributed by atoms with Gasteiger partial charge in [0, 0.05) is 11.7 Å². The van der Waals surface area contributed by atoms with Gasteiger partial charge in [0.25, 0.3) is 0 Å². The molecule has 3 nitrogen and oxygen atoms in total. The third-order valence-electron chi connectivity index (χ3n) is 3.83. The Kier molecular flexibility index (Phi) is 5.28. The minimum Gasteiger partial charge on any atom is -0.325 e. The number of para-hydroxylation sites is 1. The number of carbonyl (C=O) groups excluding carboxylic acids is 1. The fourth-order valence-electron chi connectivity index (χ4n) is 2.26. The Hall–Kier alpha value is -2.20. The van der Waals surface area contributed by atoms with E-state index in [1.165, 1.54) is 12.1 Å². The molecule has 4 heteroatoms. The summed E-state index contributed by atoms with van der Waals surface area (Å²) in [6, 6.07) is 14.1. The predicted molar refractivity (Wildman–Crippen MR) is 87.3 cm³/mol. The minimum absolute atomic E-state index is 0.0308. The van der Waals surface area contributed by atoms with Crippen LogP contribution in [0.15, 0.2) is 48.5 Å². The quantitative estimate of drug-likeness (QED) is 0.911. The van der Waals surface area contributed by atoms with Gasteiger partial charge in [-0.3, -0.25) is 9.69 Å². The third kappa shape index (κ3) is 4.15. The van der Waals surface area contributed by atoms with Gasteiger partial charge in [-0.25, -0.2) is 4.39 Å². The lowest BCUT2D eigenvalue weighted by Crippen LogP contribution is -2.32. The predicted octanol–water partition coefficient (Wildman–Crippen LogP) is 3.77. The zero-order valence-electron chi connectivity index (χ0n) is 13.1. The van der Waals surface area contributed by atoms with Crippen LogP contribution in [0.2, 0.25) is 0 Å². The molecule has 0 aromatic heterocycles. The van der Waals surface area contributed by atoms with Crippen LogP contribution < -0.4 is 5.32 Å². The standard InChI is InChI=1S/C18H21FN2O/c1-13-6-4-5-7-17(13)20-18(22)12-21(3)14(2)15-8-10-16(19)11-9-15/h4-11,14H,12H2,1-3H3,(H,20,22). The van der Waals surface area contributed by atoms with Crippen molar-refractivity contribution in [1.29, 1.82) is 0 Å². The maximum absolute atomic E-state index is 13.0. The first-order valence-electron chi connectivity index (χ1n) is 7.28. The summed E-state index contributed by atoms with van der Waals surface area (Å²) in [6.45, 7) is 4.22. The summed E-state index contributed by atoms with van der Waals surface area (Å²) >= 11 is 0. The lowest BCUT2D eigenvalue weighted by Gasteiger charge is -2.24. The van der Waals surface area contributed by atoms with Crippen molar-refractivity contribution < 1.29 is 9.18 Å². The fourth-order valence-corrected chi connectivity index (χ4v) is 2.26. The van der Waals surface area contributed by atoms with Crippen LogP contribution in [0.1, 0.15) is 24.1 Å². The van der Waals surface area contributed by atoms with E-state index < -0.39 is 0 Å². The highest BCUT2D eigenvalue weighted by Gasteiger charge is 2.15. The van der Waals surface area contributed by atoms with Crippen molar-refractivity contribution in [1.82, 2.24) is 4.90 Å². The molecule has 0 heterocycles. The Bertz CT molecular complexity index is 640. The Morgan fingerprint density at radius 2 is 1.82 bits per heavy atom. The zero-order chi connectivity index (χ0) is 16.1. The molecule has 0 fully saturated rings. The number of rotatable bonds is 5. The minimum atomic E-state index is -0.254. The second kappa shape index (κ2) is 7.18. The van der Waals surface area contributed by atoms with Crippen molar-refractivity contribution >= 4 is 11.6 Å². The maximum atomic E-state index is 13.0. The van der Waals surface area contributed by atoms with Crippen LogP contribution in [0.4, 0.5) is 10.1 Å². The first kappa shape index (κ1) is 16.2. The first-order chi connectivity index (χ1) is 10.5. The van der Waals surface area contributed by atoms with Crippen LogP contribution in [0.5, 0.6) is 0 Å². The highest BCUT2D eigenvalue weighted by atomic mass is 19.1. The van der Waals surface area contributed by atoms with Gasteiger partial charge in [0.05, 0.1) is 6.54 Å². The molecular weight excluding hydrogens is 279 g/mol. The van der Waals surface area contributed by atoms with Gasteiger partial charge in [0.1, 0.15) is 5.82 Å². The van der Waals surface area contributed by atoms with Crippen LogP contribution in [-0.4, -0.2) is 24.4 Å². The molecule has 22 heavy (non-hydrogen) atoms. The average molecular weight is 300 g/mol. The molecule has 0 saturated carbocycles. The molecule has 0 spiro atoms. The molecule has 1 amide bonds. The first-order valence-corrected chi connectivity index (χ1v) is 7.28. The van der Waals surface area contributed by atoms with E-state index in [-0.39, 0.29) is 24.3 Å². The molecule has 0 bridgehead atoms. The number of carbonyl (C=O) groups is 1. The molecule has 0 aliphatic rings. The van der Waals surface area contributed by atoms with Gasteiger partial charge in [0.2, 0.25) is 5.91 Å². The Labute approximate surface area is 130 Å². The Morgan fingerprint density at radius 3 is 2.45 bits per heavy atom. The van der Waals surface area contributed by atoms with E-state index in [2.05, 4.69) is 5.32 Å². The molecule has 1 unspecified atom stereocenters. The molecule has 0 aliphatic heterocycles. The van der Waals surface area contributed by atoms with Gasteiger partial charge in [-0.05, 0) is 50.2 Å². The highest BCUT2D eigenvalue weighted by molar-refractivity contribution is 5.92. The summed E-state index contributed by atoms with van der Waals surface area (Å²) in [5.41, 5.74) is 2.84. The second-order valence-electron chi connectivity index (χ2n) is 5.51. The summed E-state index contributed by atoms with van der Waals surface area (Å²) in [7, 11) is 1.88. The highest BCUT2D eigenvalue weighted by Crippen LogP contribution is 2.19. The molecule has 2 aromatic carbocycles. The zero-order valence-corrected chi connectivity index (χ0v) is 13.1. The molecular formula is C18H21FN2O. The van der Waals surface area contributed by atoms with E-state index in [4.69, 9.17) is 0 Å². The molecule has 0 aliphatic carbocycles. The molecule has 1 atom stereocenters. The average Bonchev–Trinajstić information content (AvgIpc) is 2.49. The van der Waals surface area contributed by atoms with E-state index in [1.54, 1.807) is 12.1 Å². The van der Waals surface area contributed by atoms with Crippen molar-refractivity contribution in [3.8, 4) is 0 Å². The molecule has 116 valence electrons. The van der Waals surface area contributed by atoms with E-state index in [1.807, 2.05) is 50.1 Å². The fraction of sp³-hybridized carbons (Fsp3) is 0.278. The van der Waals surface area contributed by atoms with Gasteiger partial charge >= 0.3 is 0 Å². The van der Waals surface area contributed by atoms with Gasteiger partial charge < -0.3 is 5.32 Å². The van der Waals surface area contributed by atoms with E-state index in [9.17, 15) is 9.18 Å². The van der Waals surface area contributed by atoms with Crippen LogP contribution in [0.3, 0.4) is 0 Å². The molecule has 2 aromatic rings. The van der Waals surface area contributed by atoms with Crippen LogP contribution in [0.25, 0.3) is 0 Å². The van der Waals surface area contributed by atoms with E-state index >= 15 is 0 Å². The van der Waals surface area contributed by atoms with Gasteiger partial charge in [-0.15, -0.1) is 0 Å². The molecule has 0 saturated heterocycles. The number of amides is 1. The largest absolute Gasteiger partial charge is 0.325 e. The second-order valence-corrected chi connectivity index (χ2v) is 5.51. The third-order valence-corrected chi connectivity index (χ3v) is 3.83. The summed E-state index contributed by atoms with van der Waals surface area (Å²) < 4.78 is 13.0. The number of benzene rings is 2. The number of aryl methyl sites for hydroxylation is 1. The van der Waals surface area contributed by atoms with Crippen molar-refractivity contribution in [2.75, 3.05) is 18.9 Å². The molecule has 0 radical (unpaired) electrons. The summed E-state index contributed by atoms with van der Waals surface area (Å²) in [5, 5.41) is 2.92. The van der Waals surface area contributed by atoms with Gasteiger partial charge in [-0.2, -0.15) is 0 Å². The number of likely N-dealkylation sites (N-methyl/N-ethyl adjacent to an activating group) is 1. The number of hydrogen-bond acceptors (Lipinski definition) is 2. The summed E-state index contributed by atoms with van der Waals surface area (Å²) in [4.78, 5) is 14.1.